The van der Waals surface area contributed by atoms with Gasteiger partial charge < -0.3 is 19.9 Å². The number of aromatic nitrogens is 2. The van der Waals surface area contributed by atoms with E-state index in [-0.39, 0.29) is 35.7 Å². The standard InChI is InChI=1S/C18H16FN3O4/c1-10-15(16(22-26-10)11-3-2-4-13(19)7-11)17(24)12-8-14(21-9-12)18(25)20-5-6-23/h2-4,7-9,21,23H,5-6H2,1H3,(H,20,25). The van der Waals surface area contributed by atoms with E-state index in [0.29, 0.717) is 11.3 Å². The van der Waals surface area contributed by atoms with Gasteiger partial charge in [-0.15, -0.1) is 0 Å². The summed E-state index contributed by atoms with van der Waals surface area (Å²) in [5, 5.41) is 15.1. The molecule has 0 saturated carbocycles. The molecular weight excluding hydrogens is 341 g/mol. The van der Waals surface area contributed by atoms with Gasteiger partial charge in [0.15, 0.2) is 5.78 Å². The third-order valence-corrected chi connectivity index (χ3v) is 3.78. The second kappa shape index (κ2) is 7.32. The quantitative estimate of drug-likeness (QED) is 0.585. The van der Waals surface area contributed by atoms with Crippen LogP contribution in [0.25, 0.3) is 11.3 Å². The number of aromatic amines is 1. The van der Waals surface area contributed by atoms with Crippen LogP contribution in [-0.4, -0.2) is 40.1 Å². The summed E-state index contributed by atoms with van der Waals surface area (Å²) >= 11 is 0. The number of aliphatic hydroxyl groups is 1. The summed E-state index contributed by atoms with van der Waals surface area (Å²) in [4.78, 5) is 27.5. The average molecular weight is 357 g/mol. The topological polar surface area (TPSA) is 108 Å². The predicted molar refractivity (Wildman–Crippen MR) is 90.3 cm³/mol. The number of nitrogens with zero attached hydrogens (tertiary/aromatic N) is 1. The maximum absolute atomic E-state index is 13.5. The molecule has 0 radical (unpaired) electrons. The van der Waals surface area contributed by atoms with Crippen molar-refractivity contribution >= 4 is 11.7 Å². The van der Waals surface area contributed by atoms with Crippen LogP contribution in [0.4, 0.5) is 4.39 Å². The predicted octanol–water partition coefficient (Wildman–Crippen LogP) is 2.07. The number of hydrogen-bond donors (Lipinski definition) is 3. The minimum absolute atomic E-state index is 0.107. The number of aliphatic hydroxyl groups excluding tert-OH is 1. The normalized spacial score (nSPS) is 10.7. The van der Waals surface area contributed by atoms with Crippen LogP contribution in [0.2, 0.25) is 0 Å². The minimum atomic E-state index is -0.453. The summed E-state index contributed by atoms with van der Waals surface area (Å²) in [6.07, 6.45) is 1.40. The average Bonchev–Trinajstić information content (AvgIpc) is 3.26. The van der Waals surface area contributed by atoms with Crippen molar-refractivity contribution in [2.24, 2.45) is 0 Å². The lowest BCUT2D eigenvalue weighted by molar-refractivity contribution is 0.0940. The van der Waals surface area contributed by atoms with Crippen LogP contribution in [0.5, 0.6) is 0 Å². The highest BCUT2D eigenvalue weighted by atomic mass is 19.1. The summed E-state index contributed by atoms with van der Waals surface area (Å²) < 4.78 is 18.6. The van der Waals surface area contributed by atoms with Gasteiger partial charge in [-0.2, -0.15) is 0 Å². The molecule has 3 aromatic rings. The summed E-state index contributed by atoms with van der Waals surface area (Å²) in [5.41, 5.74) is 1.28. The number of hydrogen-bond acceptors (Lipinski definition) is 5. The number of benzene rings is 1. The zero-order valence-electron chi connectivity index (χ0n) is 13.9. The minimum Gasteiger partial charge on any atom is -0.395 e. The van der Waals surface area contributed by atoms with Gasteiger partial charge in [-0.1, -0.05) is 17.3 Å². The van der Waals surface area contributed by atoms with Crippen LogP contribution >= 0.6 is 0 Å². The van der Waals surface area contributed by atoms with Crippen molar-refractivity contribution in [3.05, 3.63) is 64.9 Å². The van der Waals surface area contributed by atoms with Crippen molar-refractivity contribution in [2.45, 2.75) is 6.92 Å². The van der Waals surface area contributed by atoms with Crippen molar-refractivity contribution in [3.63, 3.8) is 0 Å². The zero-order chi connectivity index (χ0) is 18.7. The van der Waals surface area contributed by atoms with E-state index < -0.39 is 17.5 Å². The number of H-pyrrole nitrogens is 1. The number of carbonyl (C=O) groups is 2. The Morgan fingerprint density at radius 2 is 2.15 bits per heavy atom. The molecule has 0 atom stereocenters. The van der Waals surface area contributed by atoms with Gasteiger partial charge in [-0.25, -0.2) is 4.39 Å². The molecule has 134 valence electrons. The second-order valence-corrected chi connectivity index (χ2v) is 5.58. The van der Waals surface area contributed by atoms with Crippen LogP contribution in [0.15, 0.2) is 41.1 Å². The van der Waals surface area contributed by atoms with Gasteiger partial charge in [0, 0.05) is 23.9 Å². The monoisotopic (exact) mass is 357 g/mol. The van der Waals surface area contributed by atoms with Crippen LogP contribution in [-0.2, 0) is 0 Å². The molecular formula is C18H16FN3O4. The number of ketones is 1. The first kappa shape index (κ1) is 17.6. The second-order valence-electron chi connectivity index (χ2n) is 5.58. The van der Waals surface area contributed by atoms with Crippen LogP contribution < -0.4 is 5.32 Å². The van der Waals surface area contributed by atoms with Gasteiger partial charge in [-0.05, 0) is 25.1 Å². The van der Waals surface area contributed by atoms with E-state index in [2.05, 4.69) is 15.5 Å². The van der Waals surface area contributed by atoms with Crippen LogP contribution in [0, 0.1) is 12.7 Å². The molecule has 8 heteroatoms. The smallest absolute Gasteiger partial charge is 0.267 e. The molecule has 1 aromatic carbocycles. The van der Waals surface area contributed by atoms with E-state index in [4.69, 9.17) is 9.63 Å². The van der Waals surface area contributed by atoms with Crippen molar-refractivity contribution in [1.82, 2.24) is 15.5 Å². The highest BCUT2D eigenvalue weighted by molar-refractivity contribution is 6.13. The molecule has 2 aromatic heterocycles. The molecule has 0 aliphatic carbocycles. The number of carbonyl (C=O) groups excluding carboxylic acids is 2. The number of amides is 1. The number of aryl methyl sites for hydroxylation is 1. The van der Waals surface area contributed by atoms with Gasteiger partial charge in [-0.3, -0.25) is 9.59 Å². The Labute approximate surface area is 147 Å². The summed E-state index contributed by atoms with van der Waals surface area (Å²) in [6, 6.07) is 7.10. The Morgan fingerprint density at radius 3 is 2.88 bits per heavy atom. The van der Waals surface area contributed by atoms with Crippen molar-refractivity contribution in [3.8, 4) is 11.3 Å². The lowest BCUT2D eigenvalue weighted by Crippen LogP contribution is -2.26. The fraction of sp³-hybridized carbons (Fsp3) is 0.167. The highest BCUT2D eigenvalue weighted by Crippen LogP contribution is 2.28. The van der Waals surface area contributed by atoms with E-state index >= 15 is 0 Å². The third kappa shape index (κ3) is 3.40. The molecule has 26 heavy (non-hydrogen) atoms. The summed E-state index contributed by atoms with van der Waals surface area (Å²) in [5.74, 6) is -1.00. The molecule has 0 fully saturated rings. The molecule has 0 aliphatic rings. The highest BCUT2D eigenvalue weighted by Gasteiger charge is 2.24. The molecule has 0 spiro atoms. The van der Waals surface area contributed by atoms with Crippen molar-refractivity contribution in [2.75, 3.05) is 13.2 Å². The fourth-order valence-corrected chi connectivity index (χ4v) is 2.54. The lowest BCUT2D eigenvalue weighted by Gasteiger charge is -2.01. The third-order valence-electron chi connectivity index (χ3n) is 3.78. The van der Waals surface area contributed by atoms with E-state index in [0.717, 1.165) is 0 Å². The van der Waals surface area contributed by atoms with Gasteiger partial charge in [0.05, 0.1) is 12.2 Å². The summed E-state index contributed by atoms with van der Waals surface area (Å²) in [6.45, 7) is 1.51. The Hall–Kier alpha value is -3.26. The van der Waals surface area contributed by atoms with E-state index in [9.17, 15) is 14.0 Å². The largest absolute Gasteiger partial charge is 0.395 e. The van der Waals surface area contributed by atoms with Crippen LogP contribution in [0.1, 0.15) is 32.2 Å². The van der Waals surface area contributed by atoms with Gasteiger partial charge in [0.25, 0.3) is 5.91 Å². The Bertz CT molecular complexity index is 961. The maximum atomic E-state index is 13.5. The molecule has 1 amide bonds. The van der Waals surface area contributed by atoms with Crippen LogP contribution in [0.3, 0.4) is 0 Å². The molecule has 3 N–H and O–H groups in total. The van der Waals surface area contributed by atoms with Gasteiger partial charge in [0.2, 0.25) is 0 Å². The van der Waals surface area contributed by atoms with E-state index in [1.807, 2.05) is 0 Å². The van der Waals surface area contributed by atoms with Crippen molar-refractivity contribution in [1.29, 1.82) is 0 Å². The zero-order valence-corrected chi connectivity index (χ0v) is 13.9. The molecule has 2 heterocycles. The van der Waals surface area contributed by atoms with Gasteiger partial charge in [0.1, 0.15) is 23.0 Å². The first-order valence-electron chi connectivity index (χ1n) is 7.85. The Morgan fingerprint density at radius 1 is 1.35 bits per heavy atom. The molecule has 7 nitrogen and oxygen atoms in total. The molecule has 0 aliphatic heterocycles. The number of rotatable bonds is 6. The van der Waals surface area contributed by atoms with E-state index in [1.165, 1.54) is 30.5 Å². The Kier molecular flexibility index (Phi) is 4.94. The summed E-state index contributed by atoms with van der Waals surface area (Å²) in [7, 11) is 0. The maximum Gasteiger partial charge on any atom is 0.267 e. The molecule has 3 rings (SSSR count). The van der Waals surface area contributed by atoms with Gasteiger partial charge >= 0.3 is 0 Å². The first-order valence-corrected chi connectivity index (χ1v) is 7.85. The lowest BCUT2D eigenvalue weighted by atomic mass is 9.99. The number of halogens is 1. The Balaban J connectivity index is 1.93. The molecule has 0 unspecified atom stereocenters. The SMILES string of the molecule is Cc1onc(-c2cccc(F)c2)c1C(=O)c1c[nH]c(C(=O)NCCO)c1. The first-order chi connectivity index (χ1) is 12.5. The fourth-order valence-electron chi connectivity index (χ4n) is 2.54. The molecule has 0 bridgehead atoms. The number of nitrogens with one attached hydrogen (secondary N) is 2. The van der Waals surface area contributed by atoms with E-state index in [1.54, 1.807) is 13.0 Å². The molecule has 0 saturated heterocycles. The van der Waals surface area contributed by atoms with Crippen molar-refractivity contribution < 1.29 is 23.6 Å².